The van der Waals surface area contributed by atoms with Crippen molar-refractivity contribution in [1.82, 2.24) is 9.78 Å². The van der Waals surface area contributed by atoms with Crippen LogP contribution in [0.1, 0.15) is 23.0 Å². The van der Waals surface area contributed by atoms with Gasteiger partial charge in [-0.2, -0.15) is 5.10 Å². The van der Waals surface area contributed by atoms with Crippen LogP contribution < -0.4 is 5.32 Å². The first-order valence-corrected chi connectivity index (χ1v) is 6.24. The minimum atomic E-state index is -1.00. The van der Waals surface area contributed by atoms with E-state index < -0.39 is 5.97 Å². The predicted molar refractivity (Wildman–Crippen MR) is 73.6 cm³/mol. The van der Waals surface area contributed by atoms with Gasteiger partial charge in [0.25, 0.3) is 5.91 Å². The summed E-state index contributed by atoms with van der Waals surface area (Å²) in [5.74, 6) is -1.36. The van der Waals surface area contributed by atoms with Gasteiger partial charge in [0, 0.05) is 11.9 Å². The SMILES string of the molecule is CCc1ccccc1NC(=O)c1ccn(CC(=O)O)n1. The lowest BCUT2D eigenvalue weighted by Gasteiger charge is -2.08. The van der Waals surface area contributed by atoms with Crippen molar-refractivity contribution < 1.29 is 14.7 Å². The van der Waals surface area contributed by atoms with E-state index in [1.807, 2.05) is 31.2 Å². The van der Waals surface area contributed by atoms with Gasteiger partial charge >= 0.3 is 5.97 Å². The molecule has 6 nitrogen and oxygen atoms in total. The fraction of sp³-hybridized carbons (Fsp3) is 0.214. The highest BCUT2D eigenvalue weighted by atomic mass is 16.4. The van der Waals surface area contributed by atoms with Gasteiger partial charge in [-0.1, -0.05) is 25.1 Å². The third-order valence-corrected chi connectivity index (χ3v) is 2.82. The largest absolute Gasteiger partial charge is 0.480 e. The van der Waals surface area contributed by atoms with Crippen LogP contribution in [0.2, 0.25) is 0 Å². The van der Waals surface area contributed by atoms with Gasteiger partial charge in [-0.05, 0) is 24.1 Å². The smallest absolute Gasteiger partial charge is 0.325 e. The highest BCUT2D eigenvalue weighted by Gasteiger charge is 2.12. The van der Waals surface area contributed by atoms with Crippen molar-refractivity contribution in [1.29, 1.82) is 0 Å². The summed E-state index contributed by atoms with van der Waals surface area (Å²) in [4.78, 5) is 22.6. The Morgan fingerprint density at radius 3 is 2.75 bits per heavy atom. The minimum absolute atomic E-state index is 0.192. The van der Waals surface area contributed by atoms with Crippen molar-refractivity contribution in [2.45, 2.75) is 19.9 Å². The molecule has 6 heteroatoms. The predicted octanol–water partition coefficient (Wildman–Crippen LogP) is 1.78. The first-order chi connectivity index (χ1) is 9.60. The number of carboxylic acids is 1. The standard InChI is InChI=1S/C14H15N3O3/c1-2-10-5-3-4-6-11(10)15-14(20)12-7-8-17(16-12)9-13(18)19/h3-8H,2,9H2,1H3,(H,15,20)(H,18,19). The summed E-state index contributed by atoms with van der Waals surface area (Å²) in [6.07, 6.45) is 2.28. The first-order valence-electron chi connectivity index (χ1n) is 6.24. The Morgan fingerprint density at radius 1 is 1.30 bits per heavy atom. The van der Waals surface area contributed by atoms with Gasteiger partial charge in [-0.15, -0.1) is 0 Å². The molecule has 20 heavy (non-hydrogen) atoms. The van der Waals surface area contributed by atoms with Crippen LogP contribution in [0, 0.1) is 0 Å². The molecule has 0 bridgehead atoms. The minimum Gasteiger partial charge on any atom is -0.480 e. The van der Waals surface area contributed by atoms with Gasteiger partial charge in [0.2, 0.25) is 0 Å². The number of amides is 1. The molecule has 1 heterocycles. The fourth-order valence-electron chi connectivity index (χ4n) is 1.85. The average Bonchev–Trinajstić information content (AvgIpc) is 2.87. The number of rotatable bonds is 5. The number of carboxylic acid groups (broad SMARTS) is 1. The van der Waals surface area contributed by atoms with E-state index in [-0.39, 0.29) is 18.1 Å². The Balaban J connectivity index is 2.12. The summed E-state index contributed by atoms with van der Waals surface area (Å²) >= 11 is 0. The van der Waals surface area contributed by atoms with Crippen LogP contribution in [0.4, 0.5) is 5.69 Å². The molecular formula is C14H15N3O3. The van der Waals surface area contributed by atoms with Crippen molar-refractivity contribution in [3.8, 4) is 0 Å². The van der Waals surface area contributed by atoms with Gasteiger partial charge in [0.05, 0.1) is 0 Å². The topological polar surface area (TPSA) is 84.2 Å². The molecule has 0 spiro atoms. The second-order valence-electron chi connectivity index (χ2n) is 4.26. The Hall–Kier alpha value is -2.63. The number of hydrogen-bond acceptors (Lipinski definition) is 3. The number of anilines is 1. The number of aryl methyl sites for hydroxylation is 1. The molecule has 0 aliphatic carbocycles. The van der Waals surface area contributed by atoms with Gasteiger partial charge < -0.3 is 10.4 Å². The zero-order chi connectivity index (χ0) is 14.5. The first kappa shape index (κ1) is 13.8. The Kier molecular flexibility index (Phi) is 4.14. The maximum Gasteiger partial charge on any atom is 0.325 e. The van der Waals surface area contributed by atoms with E-state index in [1.54, 1.807) is 0 Å². The highest BCUT2D eigenvalue weighted by Crippen LogP contribution is 2.16. The maximum atomic E-state index is 12.0. The molecular weight excluding hydrogens is 258 g/mol. The van der Waals surface area contributed by atoms with E-state index in [1.165, 1.54) is 16.9 Å². The highest BCUT2D eigenvalue weighted by molar-refractivity contribution is 6.03. The molecule has 2 aromatic rings. The van der Waals surface area contributed by atoms with Gasteiger partial charge in [0.15, 0.2) is 5.69 Å². The average molecular weight is 273 g/mol. The van der Waals surface area contributed by atoms with Crippen LogP contribution >= 0.6 is 0 Å². The van der Waals surface area contributed by atoms with Crippen molar-refractivity contribution in [2.24, 2.45) is 0 Å². The zero-order valence-corrected chi connectivity index (χ0v) is 11.0. The maximum absolute atomic E-state index is 12.0. The molecule has 0 aliphatic heterocycles. The number of carbonyl (C=O) groups excluding carboxylic acids is 1. The lowest BCUT2D eigenvalue weighted by Crippen LogP contribution is -2.15. The molecule has 0 fully saturated rings. The second kappa shape index (κ2) is 6.01. The summed E-state index contributed by atoms with van der Waals surface area (Å²) in [7, 11) is 0. The molecule has 104 valence electrons. The molecule has 1 aromatic heterocycles. The Labute approximate surface area is 116 Å². The lowest BCUT2D eigenvalue weighted by molar-refractivity contribution is -0.137. The summed E-state index contributed by atoms with van der Waals surface area (Å²) in [5.41, 5.74) is 1.97. The van der Waals surface area contributed by atoms with Crippen LogP contribution in [0.3, 0.4) is 0 Å². The summed E-state index contributed by atoms with van der Waals surface area (Å²) in [6.45, 7) is 1.74. The number of benzene rings is 1. The zero-order valence-electron chi connectivity index (χ0n) is 11.0. The molecule has 2 rings (SSSR count). The van der Waals surface area contributed by atoms with E-state index in [2.05, 4.69) is 10.4 Å². The normalized spacial score (nSPS) is 10.2. The molecule has 0 saturated heterocycles. The molecule has 0 unspecified atom stereocenters. The van der Waals surface area contributed by atoms with Crippen LogP contribution in [0.25, 0.3) is 0 Å². The van der Waals surface area contributed by atoms with Crippen molar-refractivity contribution in [2.75, 3.05) is 5.32 Å². The molecule has 0 aliphatic rings. The quantitative estimate of drug-likeness (QED) is 0.869. The third kappa shape index (κ3) is 3.23. The van der Waals surface area contributed by atoms with Gasteiger partial charge in [-0.3, -0.25) is 14.3 Å². The fourth-order valence-corrected chi connectivity index (χ4v) is 1.85. The second-order valence-corrected chi connectivity index (χ2v) is 4.26. The van der Waals surface area contributed by atoms with Gasteiger partial charge in [-0.25, -0.2) is 0 Å². The molecule has 0 saturated carbocycles. The molecule has 0 radical (unpaired) electrons. The van der Waals surface area contributed by atoms with Crippen LogP contribution in [0.15, 0.2) is 36.5 Å². The van der Waals surface area contributed by atoms with Crippen molar-refractivity contribution in [3.05, 3.63) is 47.8 Å². The number of aromatic nitrogens is 2. The van der Waals surface area contributed by atoms with E-state index >= 15 is 0 Å². The number of para-hydroxylation sites is 1. The summed E-state index contributed by atoms with van der Waals surface area (Å²) < 4.78 is 1.21. The number of nitrogens with one attached hydrogen (secondary N) is 1. The van der Waals surface area contributed by atoms with Crippen LogP contribution in [-0.4, -0.2) is 26.8 Å². The molecule has 2 N–H and O–H groups in total. The monoisotopic (exact) mass is 273 g/mol. The van der Waals surface area contributed by atoms with Crippen LogP contribution in [0.5, 0.6) is 0 Å². The summed E-state index contributed by atoms with van der Waals surface area (Å²) in [6, 6.07) is 9.02. The molecule has 1 amide bonds. The number of hydrogen-bond donors (Lipinski definition) is 2. The van der Waals surface area contributed by atoms with Crippen molar-refractivity contribution in [3.63, 3.8) is 0 Å². The Bertz CT molecular complexity index is 634. The van der Waals surface area contributed by atoms with Crippen molar-refractivity contribution >= 4 is 17.6 Å². The van der Waals surface area contributed by atoms with E-state index in [9.17, 15) is 9.59 Å². The Morgan fingerprint density at radius 2 is 2.05 bits per heavy atom. The molecule has 0 atom stereocenters. The summed E-state index contributed by atoms with van der Waals surface area (Å²) in [5, 5.41) is 15.4. The van der Waals surface area contributed by atoms with Crippen LogP contribution in [-0.2, 0) is 17.8 Å². The number of carbonyl (C=O) groups is 2. The third-order valence-electron chi connectivity index (χ3n) is 2.82. The van der Waals surface area contributed by atoms with Gasteiger partial charge in [0.1, 0.15) is 6.54 Å². The van der Waals surface area contributed by atoms with E-state index in [0.717, 1.165) is 17.7 Å². The van der Waals surface area contributed by atoms with E-state index in [4.69, 9.17) is 5.11 Å². The lowest BCUT2D eigenvalue weighted by atomic mass is 10.1. The number of aliphatic carboxylic acids is 1. The molecule has 1 aromatic carbocycles. The number of nitrogens with zero attached hydrogens (tertiary/aromatic N) is 2. The van der Waals surface area contributed by atoms with E-state index in [0.29, 0.717) is 0 Å².